The maximum atomic E-state index is 12.0. The normalized spacial score (nSPS) is 17.4. The Labute approximate surface area is 113 Å². The van der Waals surface area contributed by atoms with E-state index in [1.807, 2.05) is 24.3 Å². The number of nitrogens with one attached hydrogen (secondary N) is 1. The molecule has 3 rings (SSSR count). The Bertz CT molecular complexity index is 645. The van der Waals surface area contributed by atoms with Gasteiger partial charge in [-0.2, -0.15) is 0 Å². The molecule has 0 radical (unpaired) electrons. The molecule has 0 saturated carbocycles. The van der Waals surface area contributed by atoms with E-state index in [0.29, 0.717) is 10.7 Å². The van der Waals surface area contributed by atoms with E-state index in [1.54, 1.807) is 0 Å². The van der Waals surface area contributed by atoms with Crippen LogP contribution < -0.4 is 5.32 Å². The molecule has 90 valence electrons. The minimum absolute atomic E-state index is 0.0755. The van der Waals surface area contributed by atoms with E-state index in [4.69, 9.17) is 23.2 Å². The summed E-state index contributed by atoms with van der Waals surface area (Å²) < 4.78 is 0. The number of carbonyl (C=O) groups is 1. The van der Waals surface area contributed by atoms with Crippen LogP contribution in [0.5, 0.6) is 0 Å². The van der Waals surface area contributed by atoms with Gasteiger partial charge in [0.2, 0.25) is 11.2 Å². The third kappa shape index (κ3) is 1.74. The lowest BCUT2D eigenvalue weighted by Gasteiger charge is -2.09. The summed E-state index contributed by atoms with van der Waals surface area (Å²) in [5, 5.41) is 3.20. The topological polar surface area (TPSA) is 54.9 Å². The summed E-state index contributed by atoms with van der Waals surface area (Å²) in [4.78, 5) is 19.9. The number of halogens is 2. The minimum atomic E-state index is -0.533. The summed E-state index contributed by atoms with van der Waals surface area (Å²) >= 11 is 11.8. The molecule has 0 bridgehead atoms. The van der Waals surface area contributed by atoms with Crippen molar-refractivity contribution >= 4 is 34.8 Å². The van der Waals surface area contributed by atoms with Gasteiger partial charge in [0.1, 0.15) is 5.92 Å². The van der Waals surface area contributed by atoms with Gasteiger partial charge >= 0.3 is 0 Å². The van der Waals surface area contributed by atoms with Gasteiger partial charge in [-0.05, 0) is 23.2 Å². The molecule has 0 fully saturated rings. The molecule has 0 saturated heterocycles. The number of aromatic nitrogens is 2. The van der Waals surface area contributed by atoms with Crippen LogP contribution in [0.25, 0.3) is 0 Å². The standard InChI is InChI=1S/C12H7Cl2N3O/c13-7-5-15-12(14)17-10(7)9-6-3-1-2-4-8(6)16-11(9)18/h1-5,9H,(H,16,18). The van der Waals surface area contributed by atoms with Crippen molar-refractivity contribution in [2.24, 2.45) is 0 Å². The second-order valence-electron chi connectivity index (χ2n) is 3.88. The fourth-order valence-corrected chi connectivity index (χ4v) is 2.38. The van der Waals surface area contributed by atoms with Gasteiger partial charge in [-0.1, -0.05) is 29.8 Å². The average molecular weight is 280 g/mol. The van der Waals surface area contributed by atoms with Crippen molar-refractivity contribution in [1.29, 1.82) is 0 Å². The lowest BCUT2D eigenvalue weighted by atomic mass is 9.97. The molecular formula is C12H7Cl2N3O. The fourth-order valence-electron chi connectivity index (χ4n) is 2.04. The molecule has 2 heterocycles. The smallest absolute Gasteiger partial charge is 0.238 e. The van der Waals surface area contributed by atoms with E-state index in [9.17, 15) is 4.79 Å². The summed E-state index contributed by atoms with van der Waals surface area (Å²) in [6.45, 7) is 0. The highest BCUT2D eigenvalue weighted by Crippen LogP contribution is 2.38. The maximum Gasteiger partial charge on any atom is 0.238 e. The van der Waals surface area contributed by atoms with Crippen LogP contribution in [-0.4, -0.2) is 15.9 Å². The van der Waals surface area contributed by atoms with Crippen LogP contribution in [-0.2, 0) is 4.79 Å². The second kappa shape index (κ2) is 4.23. The van der Waals surface area contributed by atoms with E-state index >= 15 is 0 Å². The highest BCUT2D eigenvalue weighted by Gasteiger charge is 2.34. The number of hydrogen-bond donors (Lipinski definition) is 1. The van der Waals surface area contributed by atoms with Gasteiger partial charge in [0, 0.05) is 5.69 Å². The van der Waals surface area contributed by atoms with Crippen LogP contribution in [0.1, 0.15) is 17.2 Å². The number of nitrogens with zero attached hydrogens (tertiary/aromatic N) is 2. The number of para-hydroxylation sites is 1. The molecule has 1 aliphatic heterocycles. The fraction of sp³-hybridized carbons (Fsp3) is 0.0833. The van der Waals surface area contributed by atoms with E-state index in [1.165, 1.54) is 6.20 Å². The first kappa shape index (κ1) is 11.4. The molecule has 0 spiro atoms. The number of rotatable bonds is 1. The molecule has 4 nitrogen and oxygen atoms in total. The number of carbonyl (C=O) groups excluding carboxylic acids is 1. The zero-order chi connectivity index (χ0) is 12.7. The monoisotopic (exact) mass is 279 g/mol. The maximum absolute atomic E-state index is 12.0. The second-order valence-corrected chi connectivity index (χ2v) is 4.63. The molecule has 1 N–H and O–H groups in total. The largest absolute Gasteiger partial charge is 0.325 e. The van der Waals surface area contributed by atoms with Gasteiger partial charge in [-0.15, -0.1) is 0 Å². The Hall–Kier alpha value is -1.65. The predicted octanol–water partition coefficient (Wildman–Crippen LogP) is 2.87. The van der Waals surface area contributed by atoms with E-state index in [0.717, 1.165) is 11.3 Å². The molecular weight excluding hydrogens is 273 g/mol. The molecule has 1 aromatic carbocycles. The predicted molar refractivity (Wildman–Crippen MR) is 69.0 cm³/mol. The number of fused-ring (bicyclic) bond motifs is 1. The molecule has 6 heteroatoms. The van der Waals surface area contributed by atoms with E-state index in [-0.39, 0.29) is 11.2 Å². The Morgan fingerprint density at radius 2 is 2.00 bits per heavy atom. The molecule has 1 atom stereocenters. The molecule has 1 unspecified atom stereocenters. The lowest BCUT2D eigenvalue weighted by Crippen LogP contribution is -2.15. The van der Waals surface area contributed by atoms with Crippen LogP contribution in [0.2, 0.25) is 10.3 Å². The van der Waals surface area contributed by atoms with Crippen molar-refractivity contribution in [3.8, 4) is 0 Å². The molecule has 18 heavy (non-hydrogen) atoms. The Kier molecular flexibility index (Phi) is 2.69. The quantitative estimate of drug-likeness (QED) is 0.817. The molecule has 2 aromatic rings. The first-order valence-corrected chi connectivity index (χ1v) is 6.00. The van der Waals surface area contributed by atoms with Crippen LogP contribution in [0.15, 0.2) is 30.5 Å². The summed E-state index contributed by atoms with van der Waals surface area (Å²) in [6.07, 6.45) is 1.40. The van der Waals surface area contributed by atoms with Gasteiger partial charge in [0.15, 0.2) is 0 Å². The summed E-state index contributed by atoms with van der Waals surface area (Å²) in [7, 11) is 0. The first-order chi connectivity index (χ1) is 8.66. The minimum Gasteiger partial charge on any atom is -0.325 e. The van der Waals surface area contributed by atoms with Crippen molar-refractivity contribution in [3.63, 3.8) is 0 Å². The van der Waals surface area contributed by atoms with Gasteiger partial charge in [-0.25, -0.2) is 9.97 Å². The van der Waals surface area contributed by atoms with Crippen molar-refractivity contribution in [1.82, 2.24) is 9.97 Å². The van der Waals surface area contributed by atoms with Gasteiger partial charge < -0.3 is 5.32 Å². The van der Waals surface area contributed by atoms with Crippen molar-refractivity contribution in [2.75, 3.05) is 5.32 Å². The average Bonchev–Trinajstić information content (AvgIpc) is 2.68. The first-order valence-electron chi connectivity index (χ1n) is 5.24. The third-order valence-electron chi connectivity index (χ3n) is 2.81. The zero-order valence-electron chi connectivity index (χ0n) is 9.02. The van der Waals surface area contributed by atoms with Crippen LogP contribution in [0.4, 0.5) is 5.69 Å². The highest BCUT2D eigenvalue weighted by molar-refractivity contribution is 6.32. The van der Waals surface area contributed by atoms with Crippen LogP contribution in [0, 0.1) is 0 Å². The van der Waals surface area contributed by atoms with Gasteiger partial charge in [0.05, 0.1) is 16.9 Å². The Balaban J connectivity index is 2.17. The Morgan fingerprint density at radius 3 is 2.83 bits per heavy atom. The van der Waals surface area contributed by atoms with Crippen LogP contribution in [0.3, 0.4) is 0 Å². The van der Waals surface area contributed by atoms with Crippen molar-refractivity contribution in [3.05, 3.63) is 52.0 Å². The number of anilines is 1. The Morgan fingerprint density at radius 1 is 1.22 bits per heavy atom. The third-order valence-corrected chi connectivity index (χ3v) is 3.28. The SMILES string of the molecule is O=C1Nc2ccccc2C1c1nc(Cl)ncc1Cl. The van der Waals surface area contributed by atoms with Crippen molar-refractivity contribution < 1.29 is 4.79 Å². The number of benzene rings is 1. The molecule has 0 aliphatic carbocycles. The van der Waals surface area contributed by atoms with Gasteiger partial charge in [0.25, 0.3) is 0 Å². The lowest BCUT2D eigenvalue weighted by molar-refractivity contribution is -0.116. The summed E-state index contributed by atoms with van der Waals surface area (Å²) in [5.41, 5.74) is 2.05. The molecule has 1 aliphatic rings. The van der Waals surface area contributed by atoms with Crippen LogP contribution >= 0.6 is 23.2 Å². The van der Waals surface area contributed by atoms with Gasteiger partial charge in [-0.3, -0.25) is 4.79 Å². The van der Waals surface area contributed by atoms with Crippen molar-refractivity contribution in [2.45, 2.75) is 5.92 Å². The number of amides is 1. The van der Waals surface area contributed by atoms with E-state index in [2.05, 4.69) is 15.3 Å². The summed E-state index contributed by atoms with van der Waals surface area (Å²) in [6, 6.07) is 7.42. The highest BCUT2D eigenvalue weighted by atomic mass is 35.5. The summed E-state index contributed by atoms with van der Waals surface area (Å²) in [5.74, 6) is -0.693. The molecule has 1 amide bonds. The number of hydrogen-bond acceptors (Lipinski definition) is 3. The van der Waals surface area contributed by atoms with E-state index < -0.39 is 5.92 Å². The zero-order valence-corrected chi connectivity index (χ0v) is 10.5. The molecule has 1 aromatic heterocycles.